The van der Waals surface area contributed by atoms with Crippen LogP contribution in [0.5, 0.6) is 0 Å². The van der Waals surface area contributed by atoms with E-state index in [0.29, 0.717) is 57.6 Å². The number of hydrogen-bond donors (Lipinski definition) is 4. The second kappa shape index (κ2) is 17.9. The van der Waals surface area contributed by atoms with Gasteiger partial charge in [0.15, 0.2) is 0 Å². The third kappa shape index (κ3) is 9.71. The van der Waals surface area contributed by atoms with Crippen LogP contribution in [-0.2, 0) is 19.1 Å². The molecule has 17 heteroatoms. The van der Waals surface area contributed by atoms with Gasteiger partial charge in [0.05, 0.1) is 18.8 Å². The number of benzene rings is 2. The number of aromatic nitrogens is 4. The summed E-state index contributed by atoms with van der Waals surface area (Å²) in [6.45, 7) is 1.67. The molecule has 0 bridgehead atoms. The van der Waals surface area contributed by atoms with Crippen LogP contribution in [0, 0.1) is 5.92 Å². The zero-order valence-corrected chi connectivity index (χ0v) is 30.5. The first-order valence-corrected chi connectivity index (χ1v) is 17.3. The molecule has 2 amide bonds. The Morgan fingerprint density at radius 1 is 1.24 bits per heavy atom. The molecule has 2 aliphatic heterocycles. The SMILES string of the molecule is COC(=O)Nc1ccc(C2=CC([C@H](CCC3CCCN(C(O)OC)C3)NC/C(C=O)=C\c3cc(Cl)ccc3-n3cnnn3)N(I)NC2=O)cc1. The van der Waals surface area contributed by atoms with Gasteiger partial charge in [-0.25, -0.2) is 4.79 Å². The van der Waals surface area contributed by atoms with Crippen molar-refractivity contribution < 1.29 is 29.0 Å². The Morgan fingerprint density at radius 2 is 2.04 bits per heavy atom. The maximum absolute atomic E-state index is 13.2. The summed E-state index contributed by atoms with van der Waals surface area (Å²) >= 11 is 8.41. The molecule has 2 aromatic carbocycles. The zero-order valence-electron chi connectivity index (χ0n) is 27.5. The van der Waals surface area contributed by atoms with E-state index < -0.39 is 12.5 Å². The van der Waals surface area contributed by atoms with Crippen LogP contribution in [0.1, 0.15) is 36.8 Å². The Morgan fingerprint density at radius 3 is 2.74 bits per heavy atom. The van der Waals surface area contributed by atoms with Gasteiger partial charge in [0.25, 0.3) is 5.91 Å². The van der Waals surface area contributed by atoms with E-state index >= 15 is 0 Å². The maximum Gasteiger partial charge on any atom is 0.411 e. The molecule has 5 rings (SSSR count). The van der Waals surface area contributed by atoms with E-state index in [0.717, 1.165) is 32.1 Å². The summed E-state index contributed by atoms with van der Waals surface area (Å²) in [6.07, 6.45) is 7.87. The van der Waals surface area contributed by atoms with Gasteiger partial charge in [-0.05, 0) is 90.1 Å². The summed E-state index contributed by atoms with van der Waals surface area (Å²) in [5, 5.41) is 28.4. The number of halogens is 2. The van der Waals surface area contributed by atoms with Crippen molar-refractivity contribution in [3.8, 4) is 5.69 Å². The Bertz CT molecular complexity index is 1690. The van der Waals surface area contributed by atoms with Gasteiger partial charge in [-0.15, -0.1) is 5.10 Å². The Labute approximate surface area is 308 Å². The fourth-order valence-corrected chi connectivity index (χ4v) is 7.08. The molecule has 3 unspecified atom stereocenters. The standard InChI is InChI=1S/C33H39ClIN9O6/c1-49-32(47)38-26-9-6-23(7-10-26)27-16-30(44(35)39-31(27)46)28(11-5-21-4-3-13-42(18-21)33(48)50-2)36-17-22(19-45)14-24-15-25(34)8-12-29(24)43-20-37-40-41-43/h6-10,12,14-16,19-21,28,30,33,36,48H,3-5,11,13,17-18H2,1-2H3,(H,38,47)(H,39,46)/b22-14+/t21?,28-,30?,33?/m0/s1. The van der Waals surface area contributed by atoms with Crippen LogP contribution >= 0.6 is 34.5 Å². The minimum absolute atomic E-state index is 0.216. The van der Waals surface area contributed by atoms with Gasteiger partial charge in [-0.3, -0.25) is 25.2 Å². The summed E-state index contributed by atoms with van der Waals surface area (Å²) < 4.78 is 13.1. The quantitative estimate of drug-likeness (QED) is 0.0613. The molecule has 4 N–H and O–H groups in total. The van der Waals surface area contributed by atoms with Crippen LogP contribution < -0.4 is 16.1 Å². The molecule has 266 valence electrons. The number of carbonyl (C=O) groups excluding carboxylic acids is 3. The number of aliphatic hydroxyl groups is 1. The van der Waals surface area contributed by atoms with Crippen molar-refractivity contribution in [2.75, 3.05) is 39.2 Å². The first-order valence-electron chi connectivity index (χ1n) is 16.0. The number of hydrazine groups is 1. The van der Waals surface area contributed by atoms with E-state index in [1.54, 1.807) is 51.8 Å². The minimum Gasteiger partial charge on any atom is -0.453 e. The Kier molecular flexibility index (Phi) is 13.4. The number of carbonyl (C=O) groups is 3. The summed E-state index contributed by atoms with van der Waals surface area (Å²) in [5.41, 5.74) is 6.42. The zero-order chi connectivity index (χ0) is 35.6. The molecule has 15 nitrogen and oxygen atoms in total. The molecule has 1 aromatic heterocycles. The molecule has 0 saturated carbocycles. The molecule has 1 saturated heterocycles. The molecule has 2 aliphatic rings. The number of aldehydes is 1. The number of amides is 2. The first kappa shape index (κ1) is 37.5. The molecule has 3 heterocycles. The first-order chi connectivity index (χ1) is 24.2. The number of nitrogens with zero attached hydrogens (tertiary/aromatic N) is 6. The Hall–Kier alpha value is -3.78. The van der Waals surface area contributed by atoms with Gasteiger partial charge in [0, 0.05) is 83.1 Å². The number of rotatable bonds is 14. The van der Waals surface area contributed by atoms with E-state index in [1.165, 1.54) is 25.2 Å². The predicted molar refractivity (Wildman–Crippen MR) is 195 cm³/mol. The monoisotopic (exact) mass is 819 g/mol. The van der Waals surface area contributed by atoms with Crippen LogP contribution in [0.4, 0.5) is 10.5 Å². The van der Waals surface area contributed by atoms with Gasteiger partial charge >= 0.3 is 6.09 Å². The fourth-order valence-electron chi connectivity index (χ4n) is 6.14. The van der Waals surface area contributed by atoms with Gasteiger partial charge in [0.2, 0.25) is 6.41 Å². The fraction of sp³-hybridized carbons (Fsp3) is 0.394. The van der Waals surface area contributed by atoms with E-state index in [4.69, 9.17) is 16.3 Å². The van der Waals surface area contributed by atoms with Crippen LogP contribution in [0.15, 0.2) is 60.4 Å². The summed E-state index contributed by atoms with van der Waals surface area (Å²) in [4.78, 5) is 39.2. The van der Waals surface area contributed by atoms with Crippen molar-refractivity contribution in [1.29, 1.82) is 0 Å². The number of aliphatic hydroxyl groups excluding tert-OH is 1. The highest BCUT2D eigenvalue weighted by molar-refractivity contribution is 14.1. The van der Waals surface area contributed by atoms with Crippen molar-refractivity contribution in [2.45, 2.75) is 44.2 Å². The van der Waals surface area contributed by atoms with Crippen LogP contribution in [0.2, 0.25) is 5.02 Å². The van der Waals surface area contributed by atoms with Gasteiger partial charge in [-0.2, -0.15) is 7.90 Å². The second-order valence-electron chi connectivity index (χ2n) is 11.9. The van der Waals surface area contributed by atoms with Crippen molar-refractivity contribution in [1.82, 2.24) is 39.1 Å². The predicted octanol–water partition coefficient (Wildman–Crippen LogP) is 3.60. The average molecular weight is 820 g/mol. The molecular formula is C33H39ClIN9O6. The lowest BCUT2D eigenvalue weighted by molar-refractivity contribution is -0.186. The molecule has 4 atom stereocenters. The number of hydrogen-bond acceptors (Lipinski definition) is 12. The number of nitrogens with one attached hydrogen (secondary N) is 3. The molecule has 0 aliphatic carbocycles. The van der Waals surface area contributed by atoms with E-state index in [-0.39, 0.29) is 24.5 Å². The van der Waals surface area contributed by atoms with Crippen LogP contribution in [0.25, 0.3) is 17.3 Å². The number of methoxy groups -OCH3 is 2. The average Bonchev–Trinajstić information content (AvgIpc) is 3.66. The van der Waals surface area contributed by atoms with Crippen molar-refractivity contribution in [3.05, 3.63) is 76.6 Å². The number of piperidine rings is 1. The lowest BCUT2D eigenvalue weighted by Crippen LogP contribution is -2.54. The lowest BCUT2D eigenvalue weighted by Gasteiger charge is -2.38. The van der Waals surface area contributed by atoms with Gasteiger partial charge < -0.3 is 19.9 Å². The highest BCUT2D eigenvalue weighted by Crippen LogP contribution is 2.29. The summed E-state index contributed by atoms with van der Waals surface area (Å²) in [6, 6.07) is 11.6. The van der Waals surface area contributed by atoms with Crippen molar-refractivity contribution in [2.24, 2.45) is 5.92 Å². The maximum atomic E-state index is 13.2. The van der Waals surface area contributed by atoms with Gasteiger partial charge in [-0.1, -0.05) is 23.7 Å². The second-order valence-corrected chi connectivity index (χ2v) is 13.4. The summed E-state index contributed by atoms with van der Waals surface area (Å²) in [7, 11) is 2.77. The van der Waals surface area contributed by atoms with Crippen LogP contribution in [-0.4, -0.2) is 104 Å². The van der Waals surface area contributed by atoms with E-state index in [1.807, 2.05) is 11.0 Å². The van der Waals surface area contributed by atoms with Crippen molar-refractivity contribution >= 4 is 70.1 Å². The Balaban J connectivity index is 1.41. The third-order valence-corrected chi connectivity index (χ3v) is 9.82. The largest absolute Gasteiger partial charge is 0.453 e. The molecule has 0 spiro atoms. The highest BCUT2D eigenvalue weighted by atomic mass is 127. The minimum atomic E-state index is -0.949. The highest BCUT2D eigenvalue weighted by Gasteiger charge is 2.33. The molecule has 1 fully saturated rings. The van der Waals surface area contributed by atoms with Gasteiger partial charge in [0.1, 0.15) is 12.6 Å². The molecule has 0 radical (unpaired) electrons. The summed E-state index contributed by atoms with van der Waals surface area (Å²) in [5.74, 6) is 0.0347. The molecule has 3 aromatic rings. The molecular weight excluding hydrogens is 781 g/mol. The van der Waals surface area contributed by atoms with E-state index in [9.17, 15) is 19.5 Å². The lowest BCUT2D eigenvalue weighted by atomic mass is 9.89. The smallest absolute Gasteiger partial charge is 0.411 e. The van der Waals surface area contributed by atoms with Crippen LogP contribution in [0.3, 0.4) is 0 Å². The van der Waals surface area contributed by atoms with E-state index in [2.05, 4.69) is 59.2 Å². The normalized spacial score (nSPS) is 20.1. The number of anilines is 1. The van der Waals surface area contributed by atoms with Crippen molar-refractivity contribution in [3.63, 3.8) is 0 Å². The number of ether oxygens (including phenoxy) is 2. The number of likely N-dealkylation sites (tertiary alicyclic amines) is 1. The topological polar surface area (TPSA) is 176 Å². The number of tetrazole rings is 1. The molecule has 50 heavy (non-hydrogen) atoms. The third-order valence-electron chi connectivity index (χ3n) is 8.70.